The van der Waals surface area contributed by atoms with E-state index in [1.165, 1.54) is 6.42 Å². The van der Waals surface area contributed by atoms with E-state index in [0.717, 1.165) is 23.2 Å². The number of carbonyl (C=O) groups is 1. The first-order valence-corrected chi connectivity index (χ1v) is 8.50. The number of rotatable bonds is 7. The van der Waals surface area contributed by atoms with E-state index in [1.54, 1.807) is 23.7 Å². The van der Waals surface area contributed by atoms with Crippen molar-refractivity contribution < 1.29 is 9.21 Å². The van der Waals surface area contributed by atoms with Crippen LogP contribution in [0.3, 0.4) is 0 Å². The number of carbonyl (C=O) groups excluding carboxylic acids is 1. The Labute approximate surface area is 125 Å². The molecule has 3 atom stereocenters. The highest BCUT2D eigenvalue weighted by molar-refractivity contribution is 7.98. The maximum Gasteiger partial charge on any atom is 0.239 e. The molecule has 1 amide bonds. The summed E-state index contributed by atoms with van der Waals surface area (Å²) >= 11 is 1.71. The standard InChI is InChI=1S/C15H24N2O2S/c1-10-8-12(10)14-5-4-11(19-14)9-17(2)15(18)13(16)6-7-20-3/h4-5,10,12-13H,6-9,16H2,1-3H3/t10?,12?,13-/m0/s1. The van der Waals surface area contributed by atoms with Crippen LogP contribution < -0.4 is 5.73 Å². The fourth-order valence-electron chi connectivity index (χ4n) is 2.36. The first-order valence-electron chi connectivity index (χ1n) is 7.11. The van der Waals surface area contributed by atoms with Crippen LogP contribution in [0.25, 0.3) is 0 Å². The van der Waals surface area contributed by atoms with Gasteiger partial charge >= 0.3 is 0 Å². The molecular weight excluding hydrogens is 272 g/mol. The number of nitrogens with two attached hydrogens (primary N) is 1. The second-order valence-electron chi connectivity index (χ2n) is 5.71. The van der Waals surface area contributed by atoms with Gasteiger partial charge in [0.2, 0.25) is 5.91 Å². The van der Waals surface area contributed by atoms with E-state index in [9.17, 15) is 4.79 Å². The number of furan rings is 1. The van der Waals surface area contributed by atoms with Gasteiger partial charge in [0, 0.05) is 13.0 Å². The first-order chi connectivity index (χ1) is 9.52. The van der Waals surface area contributed by atoms with Crippen molar-refractivity contribution in [1.82, 2.24) is 4.90 Å². The number of likely N-dealkylation sites (N-methyl/N-ethyl adjacent to an activating group) is 1. The van der Waals surface area contributed by atoms with Gasteiger partial charge in [0.25, 0.3) is 0 Å². The van der Waals surface area contributed by atoms with Gasteiger partial charge in [-0.2, -0.15) is 11.8 Å². The van der Waals surface area contributed by atoms with E-state index in [1.807, 2.05) is 18.4 Å². The van der Waals surface area contributed by atoms with Gasteiger partial charge in [-0.1, -0.05) is 6.92 Å². The van der Waals surface area contributed by atoms with Crippen molar-refractivity contribution in [2.24, 2.45) is 11.7 Å². The first kappa shape index (κ1) is 15.4. The van der Waals surface area contributed by atoms with Crippen LogP contribution in [0.5, 0.6) is 0 Å². The molecule has 0 saturated heterocycles. The minimum atomic E-state index is -0.412. The van der Waals surface area contributed by atoms with E-state index >= 15 is 0 Å². The second-order valence-corrected chi connectivity index (χ2v) is 6.69. The molecule has 1 heterocycles. The molecular formula is C15H24N2O2S. The van der Waals surface area contributed by atoms with Crippen molar-refractivity contribution in [2.45, 2.75) is 38.3 Å². The third-order valence-corrected chi connectivity index (χ3v) is 4.52. The van der Waals surface area contributed by atoms with Gasteiger partial charge in [0.05, 0.1) is 12.6 Å². The Morgan fingerprint density at radius 1 is 1.60 bits per heavy atom. The Bertz CT molecular complexity index is 460. The predicted octanol–water partition coefficient (Wildman–Crippen LogP) is 2.44. The van der Waals surface area contributed by atoms with Crippen LogP contribution in [0.15, 0.2) is 16.5 Å². The van der Waals surface area contributed by atoms with Gasteiger partial charge in [-0.3, -0.25) is 4.79 Å². The third kappa shape index (κ3) is 3.79. The van der Waals surface area contributed by atoms with E-state index in [4.69, 9.17) is 10.2 Å². The van der Waals surface area contributed by atoms with Gasteiger partial charge < -0.3 is 15.1 Å². The molecule has 1 fully saturated rings. The largest absolute Gasteiger partial charge is 0.464 e. The maximum absolute atomic E-state index is 12.1. The summed E-state index contributed by atoms with van der Waals surface area (Å²) in [5, 5.41) is 0. The highest BCUT2D eigenvalue weighted by Crippen LogP contribution is 2.47. The van der Waals surface area contributed by atoms with Crippen LogP contribution in [0.4, 0.5) is 0 Å². The summed E-state index contributed by atoms with van der Waals surface area (Å²) in [5.74, 6) is 4.09. The summed E-state index contributed by atoms with van der Waals surface area (Å²) in [4.78, 5) is 13.8. The summed E-state index contributed by atoms with van der Waals surface area (Å²) in [5.41, 5.74) is 5.90. The molecule has 0 aliphatic heterocycles. The second kappa shape index (κ2) is 6.68. The average molecular weight is 296 g/mol. The summed E-state index contributed by atoms with van der Waals surface area (Å²) in [7, 11) is 1.78. The molecule has 1 aliphatic carbocycles. The molecule has 112 valence electrons. The topological polar surface area (TPSA) is 59.5 Å². The Morgan fingerprint density at radius 3 is 2.90 bits per heavy atom. The van der Waals surface area contributed by atoms with Crippen LogP contribution >= 0.6 is 11.8 Å². The van der Waals surface area contributed by atoms with Gasteiger partial charge in [0.1, 0.15) is 11.5 Å². The Kier molecular flexibility index (Phi) is 5.16. The van der Waals surface area contributed by atoms with Crippen molar-refractivity contribution in [3.8, 4) is 0 Å². The summed E-state index contributed by atoms with van der Waals surface area (Å²) < 4.78 is 5.82. The number of thioether (sulfide) groups is 1. The molecule has 2 unspecified atom stereocenters. The van der Waals surface area contributed by atoms with Gasteiger partial charge in [-0.25, -0.2) is 0 Å². The maximum atomic E-state index is 12.1. The van der Waals surface area contributed by atoms with E-state index in [2.05, 4.69) is 6.92 Å². The minimum absolute atomic E-state index is 0.0169. The molecule has 0 radical (unpaired) electrons. The molecule has 5 heteroatoms. The molecule has 1 aromatic rings. The molecule has 2 N–H and O–H groups in total. The number of amides is 1. The van der Waals surface area contributed by atoms with Crippen LogP contribution in [0.2, 0.25) is 0 Å². The molecule has 2 rings (SSSR count). The Balaban J connectivity index is 1.85. The number of nitrogens with zero attached hydrogens (tertiary/aromatic N) is 1. The number of hydrogen-bond donors (Lipinski definition) is 1. The zero-order chi connectivity index (χ0) is 14.7. The zero-order valence-corrected chi connectivity index (χ0v) is 13.3. The monoisotopic (exact) mass is 296 g/mol. The molecule has 0 bridgehead atoms. The fraction of sp³-hybridized carbons (Fsp3) is 0.667. The average Bonchev–Trinajstić information content (AvgIpc) is 2.98. The third-order valence-electron chi connectivity index (χ3n) is 3.88. The fourth-order valence-corrected chi connectivity index (χ4v) is 2.85. The van der Waals surface area contributed by atoms with Crippen molar-refractivity contribution in [3.05, 3.63) is 23.7 Å². The predicted molar refractivity (Wildman–Crippen MR) is 82.7 cm³/mol. The normalized spacial score (nSPS) is 22.6. The lowest BCUT2D eigenvalue weighted by molar-refractivity contribution is -0.132. The lowest BCUT2D eigenvalue weighted by Gasteiger charge is -2.20. The van der Waals surface area contributed by atoms with E-state index in [-0.39, 0.29) is 5.91 Å². The molecule has 0 aromatic carbocycles. The van der Waals surface area contributed by atoms with Crippen molar-refractivity contribution in [1.29, 1.82) is 0 Å². The molecule has 4 nitrogen and oxygen atoms in total. The Morgan fingerprint density at radius 2 is 2.30 bits per heavy atom. The van der Waals surface area contributed by atoms with E-state index in [0.29, 0.717) is 18.9 Å². The lowest BCUT2D eigenvalue weighted by atomic mass is 10.2. The molecule has 1 aromatic heterocycles. The number of hydrogen-bond acceptors (Lipinski definition) is 4. The highest BCUT2D eigenvalue weighted by Gasteiger charge is 2.36. The molecule has 0 spiro atoms. The van der Waals surface area contributed by atoms with Gasteiger partial charge in [-0.05, 0) is 42.9 Å². The summed E-state index contributed by atoms with van der Waals surface area (Å²) in [6.07, 6.45) is 3.94. The molecule has 20 heavy (non-hydrogen) atoms. The Hall–Kier alpha value is -0.940. The SMILES string of the molecule is CSCC[C@H](N)C(=O)N(C)Cc1ccc(C2CC2C)o1. The quantitative estimate of drug-likeness (QED) is 0.839. The highest BCUT2D eigenvalue weighted by atomic mass is 32.2. The van der Waals surface area contributed by atoms with Gasteiger partial charge in [-0.15, -0.1) is 0 Å². The van der Waals surface area contributed by atoms with Gasteiger partial charge in [0.15, 0.2) is 0 Å². The zero-order valence-electron chi connectivity index (χ0n) is 12.5. The van der Waals surface area contributed by atoms with Crippen LogP contribution in [-0.4, -0.2) is 35.9 Å². The van der Waals surface area contributed by atoms with Crippen LogP contribution in [0, 0.1) is 5.92 Å². The van der Waals surface area contributed by atoms with Crippen molar-refractivity contribution >= 4 is 17.7 Å². The minimum Gasteiger partial charge on any atom is -0.464 e. The molecule has 1 aliphatic rings. The van der Waals surface area contributed by atoms with Crippen molar-refractivity contribution in [2.75, 3.05) is 19.1 Å². The summed E-state index contributed by atoms with van der Waals surface area (Å²) in [6.45, 7) is 2.72. The van der Waals surface area contributed by atoms with Crippen LogP contribution in [-0.2, 0) is 11.3 Å². The van der Waals surface area contributed by atoms with Crippen molar-refractivity contribution in [3.63, 3.8) is 0 Å². The molecule has 1 saturated carbocycles. The van der Waals surface area contributed by atoms with E-state index < -0.39 is 6.04 Å². The smallest absolute Gasteiger partial charge is 0.239 e. The van der Waals surface area contributed by atoms with Crippen LogP contribution in [0.1, 0.15) is 37.2 Å². The lowest BCUT2D eigenvalue weighted by Crippen LogP contribution is -2.41. The summed E-state index contributed by atoms with van der Waals surface area (Å²) in [6, 6.07) is 3.60.